The monoisotopic (exact) mass is 356 g/mol. The van der Waals surface area contributed by atoms with Crippen molar-refractivity contribution in [1.82, 2.24) is 0 Å². The summed E-state index contributed by atoms with van der Waals surface area (Å²) >= 11 is 0. The summed E-state index contributed by atoms with van der Waals surface area (Å²) in [5, 5.41) is 10.9. The summed E-state index contributed by atoms with van der Waals surface area (Å²) in [5.74, 6) is -0.622. The Bertz CT molecular complexity index is 1200. The molecule has 0 spiro atoms. The number of aromatic hydroxyl groups is 1. The molecule has 0 unspecified atom stereocenters. The molecule has 0 aliphatic carbocycles. The van der Waals surface area contributed by atoms with Crippen LogP contribution in [0.25, 0.3) is 22.1 Å². The Kier molecular flexibility index (Phi) is 4.09. The molecule has 132 valence electrons. The van der Waals surface area contributed by atoms with Gasteiger partial charge in [-0.25, -0.2) is 4.79 Å². The van der Waals surface area contributed by atoms with Crippen molar-refractivity contribution in [3.8, 4) is 16.9 Å². The van der Waals surface area contributed by atoms with Crippen molar-refractivity contribution in [2.75, 3.05) is 0 Å². The molecule has 0 fully saturated rings. The van der Waals surface area contributed by atoms with E-state index in [1.54, 1.807) is 36.4 Å². The molecule has 4 rings (SSSR count). The minimum atomic E-state index is -0.578. The second-order valence-electron chi connectivity index (χ2n) is 6.38. The first-order chi connectivity index (χ1) is 13.0. The van der Waals surface area contributed by atoms with Crippen LogP contribution in [0.1, 0.15) is 21.5 Å². The Morgan fingerprint density at radius 1 is 0.926 bits per heavy atom. The fraction of sp³-hybridized carbons (Fsp3) is 0.0435. The number of benzene rings is 3. The van der Waals surface area contributed by atoms with Gasteiger partial charge in [-0.1, -0.05) is 60.2 Å². The lowest BCUT2D eigenvalue weighted by molar-refractivity contribution is 0.103. The van der Waals surface area contributed by atoms with Crippen LogP contribution in [0, 0.1) is 6.92 Å². The topological polar surface area (TPSA) is 67.5 Å². The number of ketones is 1. The third kappa shape index (κ3) is 3.02. The van der Waals surface area contributed by atoms with Crippen LogP contribution in [-0.2, 0) is 0 Å². The molecule has 1 heterocycles. The van der Waals surface area contributed by atoms with Gasteiger partial charge in [-0.3, -0.25) is 4.79 Å². The Morgan fingerprint density at radius 3 is 2.33 bits per heavy atom. The van der Waals surface area contributed by atoms with Crippen molar-refractivity contribution < 1.29 is 14.3 Å². The van der Waals surface area contributed by atoms with Gasteiger partial charge in [0.25, 0.3) is 0 Å². The van der Waals surface area contributed by atoms with E-state index in [9.17, 15) is 14.7 Å². The van der Waals surface area contributed by atoms with Crippen molar-refractivity contribution in [2.45, 2.75) is 6.92 Å². The van der Waals surface area contributed by atoms with E-state index in [0.29, 0.717) is 16.5 Å². The van der Waals surface area contributed by atoms with E-state index in [1.807, 2.05) is 31.2 Å². The highest BCUT2D eigenvalue weighted by atomic mass is 16.4. The lowest BCUT2D eigenvalue weighted by atomic mass is 9.96. The number of hydrogen-bond donors (Lipinski definition) is 1. The Balaban J connectivity index is 2.01. The van der Waals surface area contributed by atoms with Crippen LogP contribution in [0.2, 0.25) is 0 Å². The molecule has 4 aromatic rings. The molecule has 0 atom stereocenters. The van der Waals surface area contributed by atoms with E-state index in [-0.39, 0.29) is 16.9 Å². The lowest BCUT2D eigenvalue weighted by Crippen LogP contribution is -2.06. The maximum atomic E-state index is 13.0. The fourth-order valence-corrected chi connectivity index (χ4v) is 3.14. The van der Waals surface area contributed by atoms with Crippen LogP contribution in [0.15, 0.2) is 82.0 Å². The van der Waals surface area contributed by atoms with Gasteiger partial charge in [-0.15, -0.1) is 0 Å². The average Bonchev–Trinajstić information content (AvgIpc) is 2.68. The minimum absolute atomic E-state index is 0.00948. The standard InChI is InChI=1S/C23H16O4/c1-14-7-9-15(10-8-14)18-13-20(25)27-23-17(18)11-12-19(24)21(23)22(26)16-5-3-2-4-6-16/h2-13,24H,1H3. The van der Waals surface area contributed by atoms with E-state index in [1.165, 1.54) is 12.1 Å². The molecule has 0 amide bonds. The summed E-state index contributed by atoms with van der Waals surface area (Å²) in [6.45, 7) is 1.98. The summed E-state index contributed by atoms with van der Waals surface area (Å²) in [7, 11) is 0. The molecule has 4 nitrogen and oxygen atoms in total. The third-order valence-electron chi connectivity index (χ3n) is 4.52. The predicted octanol–water partition coefficient (Wildman–Crippen LogP) is 4.71. The first-order valence-electron chi connectivity index (χ1n) is 8.51. The number of fused-ring (bicyclic) bond motifs is 1. The number of hydrogen-bond acceptors (Lipinski definition) is 4. The summed E-state index contributed by atoms with van der Waals surface area (Å²) in [5.41, 5.74) is 2.50. The number of carbonyl (C=O) groups excluding carboxylic acids is 1. The summed E-state index contributed by atoms with van der Waals surface area (Å²) < 4.78 is 5.37. The van der Waals surface area contributed by atoms with E-state index in [0.717, 1.165) is 11.1 Å². The number of carbonyl (C=O) groups is 1. The van der Waals surface area contributed by atoms with Crippen LogP contribution in [0.5, 0.6) is 5.75 Å². The zero-order valence-electron chi connectivity index (χ0n) is 14.6. The summed E-state index contributed by atoms with van der Waals surface area (Å²) in [6, 6.07) is 20.8. The normalized spacial score (nSPS) is 10.9. The molecule has 0 aliphatic heterocycles. The third-order valence-corrected chi connectivity index (χ3v) is 4.52. The maximum absolute atomic E-state index is 13.0. The zero-order valence-corrected chi connectivity index (χ0v) is 14.6. The molecule has 0 radical (unpaired) electrons. The lowest BCUT2D eigenvalue weighted by Gasteiger charge is -2.11. The highest BCUT2D eigenvalue weighted by Crippen LogP contribution is 2.34. The van der Waals surface area contributed by atoms with Crippen molar-refractivity contribution in [1.29, 1.82) is 0 Å². The molecular formula is C23H16O4. The molecule has 0 saturated heterocycles. The van der Waals surface area contributed by atoms with Crippen LogP contribution in [0.4, 0.5) is 0 Å². The summed E-state index contributed by atoms with van der Waals surface area (Å²) in [6.07, 6.45) is 0. The molecule has 0 saturated carbocycles. The van der Waals surface area contributed by atoms with E-state index in [4.69, 9.17) is 4.42 Å². The van der Waals surface area contributed by atoms with Crippen molar-refractivity contribution >= 4 is 16.8 Å². The van der Waals surface area contributed by atoms with E-state index in [2.05, 4.69) is 0 Å². The van der Waals surface area contributed by atoms with Crippen LogP contribution >= 0.6 is 0 Å². The fourth-order valence-electron chi connectivity index (χ4n) is 3.14. The van der Waals surface area contributed by atoms with Gasteiger partial charge in [0.05, 0.1) is 0 Å². The number of aryl methyl sites for hydroxylation is 1. The zero-order chi connectivity index (χ0) is 19.0. The Labute approximate surface area is 155 Å². The second kappa shape index (κ2) is 6.57. The predicted molar refractivity (Wildman–Crippen MR) is 104 cm³/mol. The maximum Gasteiger partial charge on any atom is 0.336 e. The second-order valence-corrected chi connectivity index (χ2v) is 6.38. The smallest absolute Gasteiger partial charge is 0.336 e. The van der Waals surface area contributed by atoms with Gasteiger partial charge in [0.15, 0.2) is 5.58 Å². The Hall–Kier alpha value is -3.66. The highest BCUT2D eigenvalue weighted by molar-refractivity contribution is 6.18. The first kappa shape index (κ1) is 16.8. The van der Waals surface area contributed by atoms with Crippen LogP contribution in [0.3, 0.4) is 0 Å². The van der Waals surface area contributed by atoms with Gasteiger partial charge < -0.3 is 9.52 Å². The van der Waals surface area contributed by atoms with E-state index < -0.39 is 11.4 Å². The number of phenolic OH excluding ortho intramolecular Hbond substituents is 1. The molecule has 3 aromatic carbocycles. The van der Waals surface area contributed by atoms with Gasteiger partial charge in [0.1, 0.15) is 11.3 Å². The molecule has 0 aliphatic rings. The van der Waals surface area contributed by atoms with Gasteiger partial charge in [-0.2, -0.15) is 0 Å². The molecule has 4 heteroatoms. The minimum Gasteiger partial charge on any atom is -0.507 e. The average molecular weight is 356 g/mol. The van der Waals surface area contributed by atoms with Crippen molar-refractivity contribution in [2.24, 2.45) is 0 Å². The molecule has 1 N–H and O–H groups in total. The van der Waals surface area contributed by atoms with Gasteiger partial charge in [0.2, 0.25) is 5.78 Å². The van der Waals surface area contributed by atoms with Gasteiger partial charge in [0, 0.05) is 17.0 Å². The largest absolute Gasteiger partial charge is 0.507 e. The molecule has 27 heavy (non-hydrogen) atoms. The SMILES string of the molecule is Cc1ccc(-c2cc(=O)oc3c(C(=O)c4ccccc4)c(O)ccc23)cc1. The highest BCUT2D eigenvalue weighted by Gasteiger charge is 2.21. The molecule has 0 bridgehead atoms. The van der Waals surface area contributed by atoms with E-state index >= 15 is 0 Å². The first-order valence-corrected chi connectivity index (χ1v) is 8.51. The van der Waals surface area contributed by atoms with Crippen LogP contribution in [-0.4, -0.2) is 10.9 Å². The number of phenols is 1. The summed E-state index contributed by atoms with van der Waals surface area (Å²) in [4.78, 5) is 25.2. The number of rotatable bonds is 3. The Morgan fingerprint density at radius 2 is 1.63 bits per heavy atom. The van der Waals surface area contributed by atoms with Crippen molar-refractivity contribution in [3.05, 3.63) is 99.9 Å². The molecule has 1 aromatic heterocycles. The van der Waals surface area contributed by atoms with Gasteiger partial charge >= 0.3 is 5.63 Å². The quantitative estimate of drug-likeness (QED) is 0.427. The van der Waals surface area contributed by atoms with Crippen LogP contribution < -0.4 is 5.63 Å². The van der Waals surface area contributed by atoms with Gasteiger partial charge in [-0.05, 0) is 30.2 Å². The van der Waals surface area contributed by atoms with Crippen molar-refractivity contribution in [3.63, 3.8) is 0 Å². The molecular weight excluding hydrogens is 340 g/mol.